The number of rotatable bonds is 5. The fourth-order valence-electron chi connectivity index (χ4n) is 3.35. The second-order valence-electron chi connectivity index (χ2n) is 5.51. The SMILES string of the molecule is CCOC1(C(O)CC2CCOCC2)CCCC1. The van der Waals surface area contributed by atoms with E-state index in [0.29, 0.717) is 12.5 Å². The van der Waals surface area contributed by atoms with Gasteiger partial charge in [0.25, 0.3) is 0 Å². The van der Waals surface area contributed by atoms with E-state index in [1.54, 1.807) is 0 Å². The van der Waals surface area contributed by atoms with Crippen molar-refractivity contribution in [2.24, 2.45) is 5.92 Å². The van der Waals surface area contributed by atoms with Crippen LogP contribution in [0.5, 0.6) is 0 Å². The molecule has 0 aromatic rings. The van der Waals surface area contributed by atoms with Gasteiger partial charge in [0.15, 0.2) is 0 Å². The van der Waals surface area contributed by atoms with Crippen molar-refractivity contribution in [3.05, 3.63) is 0 Å². The molecule has 1 aliphatic heterocycles. The number of ether oxygens (including phenoxy) is 2. The summed E-state index contributed by atoms with van der Waals surface area (Å²) >= 11 is 0. The normalized spacial score (nSPS) is 27.2. The summed E-state index contributed by atoms with van der Waals surface area (Å²) < 4.78 is 11.3. The summed E-state index contributed by atoms with van der Waals surface area (Å²) in [6, 6.07) is 0. The van der Waals surface area contributed by atoms with Crippen LogP contribution in [0.25, 0.3) is 0 Å². The topological polar surface area (TPSA) is 38.7 Å². The molecule has 100 valence electrons. The van der Waals surface area contributed by atoms with Crippen LogP contribution in [0.2, 0.25) is 0 Å². The highest BCUT2D eigenvalue weighted by atomic mass is 16.5. The molecular formula is C14H26O3. The third-order valence-electron chi connectivity index (χ3n) is 4.39. The van der Waals surface area contributed by atoms with Gasteiger partial charge in [-0.05, 0) is 44.9 Å². The maximum absolute atomic E-state index is 10.5. The van der Waals surface area contributed by atoms with Gasteiger partial charge in [0.1, 0.15) is 0 Å². The van der Waals surface area contributed by atoms with Gasteiger partial charge in [0.05, 0.1) is 11.7 Å². The molecular weight excluding hydrogens is 216 g/mol. The smallest absolute Gasteiger partial charge is 0.0940 e. The lowest BCUT2D eigenvalue weighted by molar-refractivity contribution is -0.125. The highest BCUT2D eigenvalue weighted by molar-refractivity contribution is 4.94. The summed E-state index contributed by atoms with van der Waals surface area (Å²) in [5.41, 5.74) is -0.229. The molecule has 1 unspecified atom stereocenters. The van der Waals surface area contributed by atoms with Gasteiger partial charge in [-0.2, -0.15) is 0 Å². The van der Waals surface area contributed by atoms with Gasteiger partial charge < -0.3 is 14.6 Å². The fraction of sp³-hybridized carbons (Fsp3) is 1.00. The molecule has 0 aromatic carbocycles. The number of hydrogen-bond acceptors (Lipinski definition) is 3. The maximum Gasteiger partial charge on any atom is 0.0940 e. The Kier molecular flexibility index (Phi) is 4.83. The zero-order valence-electron chi connectivity index (χ0n) is 11.0. The molecule has 0 bridgehead atoms. The minimum atomic E-state index is -0.284. The minimum absolute atomic E-state index is 0.229. The van der Waals surface area contributed by atoms with Crippen molar-refractivity contribution in [2.45, 2.75) is 63.6 Å². The second kappa shape index (κ2) is 6.17. The van der Waals surface area contributed by atoms with Crippen LogP contribution in [0.15, 0.2) is 0 Å². The molecule has 17 heavy (non-hydrogen) atoms. The Morgan fingerprint density at radius 3 is 2.53 bits per heavy atom. The standard InChI is InChI=1S/C14H26O3/c1-2-17-14(7-3-4-8-14)13(15)11-12-5-9-16-10-6-12/h12-13,15H,2-11H2,1H3. The van der Waals surface area contributed by atoms with Gasteiger partial charge in [-0.25, -0.2) is 0 Å². The van der Waals surface area contributed by atoms with E-state index in [0.717, 1.165) is 45.3 Å². The Bertz CT molecular complexity index is 218. The molecule has 3 heteroatoms. The summed E-state index contributed by atoms with van der Waals surface area (Å²) in [5.74, 6) is 0.622. The van der Waals surface area contributed by atoms with E-state index in [-0.39, 0.29) is 11.7 Å². The lowest BCUT2D eigenvalue weighted by Gasteiger charge is -2.36. The van der Waals surface area contributed by atoms with Gasteiger partial charge in [-0.1, -0.05) is 12.8 Å². The molecule has 3 nitrogen and oxygen atoms in total. The molecule has 1 heterocycles. The number of hydrogen-bond donors (Lipinski definition) is 1. The third kappa shape index (κ3) is 3.21. The lowest BCUT2D eigenvalue weighted by Crippen LogP contribution is -2.44. The highest BCUT2D eigenvalue weighted by Gasteiger charge is 2.42. The predicted octanol–water partition coefficient (Wildman–Crippen LogP) is 2.51. The summed E-state index contributed by atoms with van der Waals surface area (Å²) in [6.45, 7) is 4.46. The third-order valence-corrected chi connectivity index (χ3v) is 4.39. The second-order valence-corrected chi connectivity index (χ2v) is 5.51. The molecule has 1 saturated carbocycles. The molecule has 0 amide bonds. The first-order valence-electron chi connectivity index (χ1n) is 7.16. The van der Waals surface area contributed by atoms with Crippen molar-refractivity contribution in [3.8, 4) is 0 Å². The van der Waals surface area contributed by atoms with E-state index in [9.17, 15) is 5.11 Å². The highest BCUT2D eigenvalue weighted by Crippen LogP contribution is 2.39. The zero-order valence-corrected chi connectivity index (χ0v) is 11.0. The van der Waals surface area contributed by atoms with Crippen molar-refractivity contribution < 1.29 is 14.6 Å². The fourth-order valence-corrected chi connectivity index (χ4v) is 3.35. The van der Waals surface area contributed by atoms with Crippen LogP contribution in [0.3, 0.4) is 0 Å². The zero-order chi connectivity index (χ0) is 12.1. The van der Waals surface area contributed by atoms with Gasteiger partial charge >= 0.3 is 0 Å². The summed E-state index contributed by atoms with van der Waals surface area (Å²) in [6.07, 6.45) is 7.27. The van der Waals surface area contributed by atoms with Crippen LogP contribution >= 0.6 is 0 Å². The molecule has 1 aliphatic carbocycles. The average Bonchev–Trinajstić information content (AvgIpc) is 2.81. The minimum Gasteiger partial charge on any atom is -0.390 e. The van der Waals surface area contributed by atoms with Crippen LogP contribution in [-0.2, 0) is 9.47 Å². The van der Waals surface area contributed by atoms with Crippen molar-refractivity contribution in [2.75, 3.05) is 19.8 Å². The Hall–Kier alpha value is -0.120. The van der Waals surface area contributed by atoms with Gasteiger partial charge in [-0.3, -0.25) is 0 Å². The summed E-state index contributed by atoms with van der Waals surface area (Å²) in [5, 5.41) is 10.5. The van der Waals surface area contributed by atoms with Crippen LogP contribution in [0.4, 0.5) is 0 Å². The largest absolute Gasteiger partial charge is 0.390 e. The first-order chi connectivity index (χ1) is 8.27. The van der Waals surface area contributed by atoms with Gasteiger partial charge in [0, 0.05) is 19.8 Å². The maximum atomic E-state index is 10.5. The molecule has 2 rings (SSSR count). The Morgan fingerprint density at radius 2 is 1.94 bits per heavy atom. The van der Waals surface area contributed by atoms with Crippen molar-refractivity contribution >= 4 is 0 Å². The first kappa shape index (κ1) is 13.3. The molecule has 2 aliphatic rings. The lowest BCUT2D eigenvalue weighted by atomic mass is 9.84. The monoisotopic (exact) mass is 242 g/mol. The van der Waals surface area contributed by atoms with Crippen molar-refractivity contribution in [1.29, 1.82) is 0 Å². The van der Waals surface area contributed by atoms with E-state index in [1.807, 2.05) is 6.92 Å². The molecule has 0 spiro atoms. The summed E-state index contributed by atoms with van der Waals surface area (Å²) in [7, 11) is 0. The van der Waals surface area contributed by atoms with Gasteiger partial charge in [0.2, 0.25) is 0 Å². The molecule has 1 saturated heterocycles. The summed E-state index contributed by atoms with van der Waals surface area (Å²) in [4.78, 5) is 0. The molecule has 0 aromatic heterocycles. The predicted molar refractivity (Wildman–Crippen MR) is 67.0 cm³/mol. The van der Waals surface area contributed by atoms with E-state index in [2.05, 4.69) is 0 Å². The van der Waals surface area contributed by atoms with Crippen LogP contribution in [0.1, 0.15) is 51.9 Å². The van der Waals surface area contributed by atoms with Crippen LogP contribution in [0, 0.1) is 5.92 Å². The van der Waals surface area contributed by atoms with Crippen molar-refractivity contribution in [1.82, 2.24) is 0 Å². The first-order valence-corrected chi connectivity index (χ1v) is 7.16. The molecule has 1 atom stereocenters. The van der Waals surface area contributed by atoms with E-state index in [1.165, 1.54) is 12.8 Å². The molecule has 2 fully saturated rings. The van der Waals surface area contributed by atoms with Crippen molar-refractivity contribution in [3.63, 3.8) is 0 Å². The Balaban J connectivity index is 1.89. The quantitative estimate of drug-likeness (QED) is 0.805. The van der Waals surface area contributed by atoms with Crippen LogP contribution < -0.4 is 0 Å². The number of aliphatic hydroxyl groups excluding tert-OH is 1. The Labute approximate surface area is 104 Å². The molecule has 1 N–H and O–H groups in total. The van der Waals surface area contributed by atoms with Gasteiger partial charge in [-0.15, -0.1) is 0 Å². The number of aliphatic hydroxyl groups is 1. The average molecular weight is 242 g/mol. The van der Waals surface area contributed by atoms with E-state index in [4.69, 9.17) is 9.47 Å². The van der Waals surface area contributed by atoms with E-state index >= 15 is 0 Å². The Morgan fingerprint density at radius 1 is 1.29 bits per heavy atom. The van der Waals surface area contributed by atoms with Crippen LogP contribution in [-0.4, -0.2) is 36.6 Å². The van der Waals surface area contributed by atoms with E-state index < -0.39 is 0 Å². The molecule has 0 radical (unpaired) electrons.